The molecule has 0 aliphatic rings. The minimum atomic E-state index is 0.585. The van der Waals surface area contributed by atoms with Gasteiger partial charge in [-0.1, -0.05) is 28.1 Å². The van der Waals surface area contributed by atoms with Gasteiger partial charge in [-0.05, 0) is 18.2 Å². The average Bonchev–Trinajstić information content (AvgIpc) is 2.29. The summed E-state index contributed by atoms with van der Waals surface area (Å²) >= 11 is 3.37. The molecule has 0 aliphatic heterocycles. The highest BCUT2D eigenvalue weighted by Gasteiger charge is 2.10. The molecule has 78 valence electrons. The fourth-order valence-electron chi connectivity index (χ4n) is 1.75. The summed E-state index contributed by atoms with van der Waals surface area (Å²) in [5, 5.41) is 12.1. The Bertz CT molecular complexity index is 697. The van der Waals surface area contributed by atoms with Gasteiger partial charge in [0.25, 0.3) is 0 Å². The molecule has 0 fully saturated rings. The van der Waals surface area contributed by atoms with Crippen molar-refractivity contribution in [3.63, 3.8) is 0 Å². The van der Waals surface area contributed by atoms with Crippen molar-refractivity contribution in [2.24, 2.45) is 0 Å². The van der Waals surface area contributed by atoms with E-state index < -0.39 is 0 Å². The third-order valence-corrected chi connectivity index (χ3v) is 2.99. The monoisotopic (exact) mass is 274 g/mol. The molecule has 0 saturated heterocycles. The van der Waals surface area contributed by atoms with E-state index in [1.165, 1.54) is 0 Å². The zero-order chi connectivity index (χ0) is 11.1. The van der Waals surface area contributed by atoms with Crippen molar-refractivity contribution in [2.45, 2.75) is 0 Å². The average molecular weight is 275 g/mol. The fraction of sp³-hybridized carbons (Fsp3) is 0. The van der Waals surface area contributed by atoms with Gasteiger partial charge in [0.1, 0.15) is 11.0 Å². The highest BCUT2D eigenvalue weighted by molar-refractivity contribution is 9.10. The highest BCUT2D eigenvalue weighted by Crippen LogP contribution is 2.18. The van der Waals surface area contributed by atoms with Crippen molar-refractivity contribution in [3.8, 4) is 0 Å². The molecule has 0 aliphatic carbocycles. The number of nitrogens with zero attached hydrogens (tertiary/aromatic N) is 2. The summed E-state index contributed by atoms with van der Waals surface area (Å²) in [6, 6.07) is 12.8. The Kier molecular flexibility index (Phi) is 2.04. The molecule has 1 aromatic heterocycles. The Balaban J connectivity index is 2.55. The minimum Gasteiger partial charge on any atom is -0.618 e. The molecule has 2 aromatic carbocycles. The van der Waals surface area contributed by atoms with Crippen LogP contribution >= 0.6 is 15.9 Å². The molecule has 3 rings (SSSR count). The second-order valence-electron chi connectivity index (χ2n) is 3.53. The number of aromatic nitrogens is 2. The van der Waals surface area contributed by atoms with Gasteiger partial charge >= 0.3 is 0 Å². The molecule has 3 nitrogen and oxygen atoms in total. The van der Waals surface area contributed by atoms with Crippen LogP contribution in [-0.4, -0.2) is 4.98 Å². The van der Waals surface area contributed by atoms with Crippen molar-refractivity contribution in [3.05, 3.63) is 52.1 Å². The van der Waals surface area contributed by atoms with Crippen molar-refractivity contribution < 1.29 is 4.73 Å². The van der Waals surface area contributed by atoms with E-state index in [0.717, 1.165) is 9.20 Å². The second-order valence-corrected chi connectivity index (χ2v) is 4.44. The number of benzene rings is 2. The van der Waals surface area contributed by atoms with Crippen LogP contribution in [0.4, 0.5) is 0 Å². The van der Waals surface area contributed by atoms with Gasteiger partial charge in [0, 0.05) is 16.6 Å². The summed E-state index contributed by atoms with van der Waals surface area (Å²) in [4.78, 5) is 4.45. The molecule has 0 atom stereocenters. The lowest BCUT2D eigenvalue weighted by atomic mass is 10.2. The van der Waals surface area contributed by atoms with Gasteiger partial charge in [0.2, 0.25) is 11.0 Å². The van der Waals surface area contributed by atoms with Gasteiger partial charge in [-0.25, -0.2) is 4.98 Å². The standard InChI is InChI=1S/C12H7BrN2O/c13-8-5-6-12-10(7-8)14-9-3-1-2-4-11(9)15(12)16/h1-7H. The van der Waals surface area contributed by atoms with Gasteiger partial charge in [-0.2, -0.15) is 4.73 Å². The number of rotatable bonds is 0. The first kappa shape index (κ1) is 9.54. The van der Waals surface area contributed by atoms with E-state index in [9.17, 15) is 5.21 Å². The smallest absolute Gasteiger partial charge is 0.243 e. The third kappa shape index (κ3) is 1.34. The van der Waals surface area contributed by atoms with Gasteiger partial charge in [-0.15, -0.1) is 0 Å². The maximum atomic E-state index is 12.1. The van der Waals surface area contributed by atoms with Crippen LogP contribution in [0.1, 0.15) is 0 Å². The predicted molar refractivity (Wildman–Crippen MR) is 65.9 cm³/mol. The lowest BCUT2D eigenvalue weighted by molar-refractivity contribution is -0.548. The van der Waals surface area contributed by atoms with E-state index in [-0.39, 0.29) is 0 Å². The summed E-state index contributed by atoms with van der Waals surface area (Å²) in [6.07, 6.45) is 0. The SMILES string of the molecule is [O-][n+]1c2ccccc2nc2cc(Br)ccc21. The Morgan fingerprint density at radius 3 is 2.62 bits per heavy atom. The third-order valence-electron chi connectivity index (χ3n) is 2.50. The summed E-state index contributed by atoms with van der Waals surface area (Å²) in [5.74, 6) is 0. The van der Waals surface area contributed by atoms with Crippen molar-refractivity contribution in [1.82, 2.24) is 4.98 Å². The van der Waals surface area contributed by atoms with E-state index in [2.05, 4.69) is 20.9 Å². The Labute approximate surface area is 100 Å². The Hall–Kier alpha value is -1.68. The van der Waals surface area contributed by atoms with Crippen LogP contribution in [0.3, 0.4) is 0 Å². The molecule has 0 radical (unpaired) electrons. The molecule has 0 N–H and O–H groups in total. The van der Waals surface area contributed by atoms with Crippen LogP contribution < -0.4 is 4.73 Å². The van der Waals surface area contributed by atoms with E-state index in [0.29, 0.717) is 22.1 Å². The van der Waals surface area contributed by atoms with Crippen molar-refractivity contribution in [1.29, 1.82) is 0 Å². The molecule has 3 aromatic rings. The summed E-state index contributed by atoms with van der Waals surface area (Å²) in [6.45, 7) is 0. The maximum Gasteiger partial charge on any atom is 0.243 e. The second kappa shape index (κ2) is 3.42. The first-order valence-corrected chi connectivity index (χ1v) is 5.62. The molecular formula is C12H7BrN2O. The Morgan fingerprint density at radius 2 is 1.75 bits per heavy atom. The molecule has 0 saturated carbocycles. The first-order valence-electron chi connectivity index (χ1n) is 4.83. The van der Waals surface area contributed by atoms with Crippen LogP contribution in [0.5, 0.6) is 0 Å². The normalized spacial score (nSPS) is 11.1. The Morgan fingerprint density at radius 1 is 1.00 bits per heavy atom. The predicted octanol–water partition coefficient (Wildman–Crippen LogP) is 2.78. The van der Waals surface area contributed by atoms with Gasteiger partial charge in [0.05, 0.1) is 0 Å². The largest absolute Gasteiger partial charge is 0.618 e. The van der Waals surface area contributed by atoms with E-state index >= 15 is 0 Å². The first-order chi connectivity index (χ1) is 7.75. The summed E-state index contributed by atoms with van der Waals surface area (Å²) < 4.78 is 1.84. The van der Waals surface area contributed by atoms with Crippen molar-refractivity contribution >= 4 is 38.0 Å². The molecule has 0 spiro atoms. The highest BCUT2D eigenvalue weighted by atomic mass is 79.9. The molecule has 0 amide bonds. The van der Waals surface area contributed by atoms with E-state index in [1.807, 2.05) is 30.3 Å². The lowest BCUT2D eigenvalue weighted by Gasteiger charge is -2.04. The van der Waals surface area contributed by atoms with Gasteiger partial charge in [-0.3, -0.25) is 0 Å². The lowest BCUT2D eigenvalue weighted by Crippen LogP contribution is -2.28. The maximum absolute atomic E-state index is 12.1. The molecule has 1 heterocycles. The summed E-state index contributed by atoms with van der Waals surface area (Å²) in [5.41, 5.74) is 2.59. The van der Waals surface area contributed by atoms with E-state index in [1.54, 1.807) is 12.1 Å². The van der Waals surface area contributed by atoms with E-state index in [4.69, 9.17) is 0 Å². The van der Waals surface area contributed by atoms with Gasteiger partial charge in [0.15, 0.2) is 0 Å². The molecule has 4 heteroatoms. The number of fused-ring (bicyclic) bond motifs is 2. The molecule has 0 unspecified atom stereocenters. The zero-order valence-corrected chi connectivity index (χ0v) is 9.81. The van der Waals surface area contributed by atoms with Gasteiger partial charge < -0.3 is 5.21 Å². The number of para-hydroxylation sites is 2. The fourth-order valence-corrected chi connectivity index (χ4v) is 2.10. The molecule has 16 heavy (non-hydrogen) atoms. The quantitative estimate of drug-likeness (QED) is 0.359. The minimum absolute atomic E-state index is 0.585. The van der Waals surface area contributed by atoms with Crippen LogP contribution in [0.2, 0.25) is 0 Å². The topological polar surface area (TPSA) is 39.8 Å². The number of halogens is 1. The summed E-state index contributed by atoms with van der Waals surface area (Å²) in [7, 11) is 0. The molecular weight excluding hydrogens is 268 g/mol. The molecule has 0 bridgehead atoms. The van der Waals surface area contributed by atoms with Crippen LogP contribution in [0, 0.1) is 5.21 Å². The van der Waals surface area contributed by atoms with Crippen molar-refractivity contribution in [2.75, 3.05) is 0 Å². The van der Waals surface area contributed by atoms with Crippen LogP contribution in [0.25, 0.3) is 22.1 Å². The van der Waals surface area contributed by atoms with Crippen LogP contribution in [-0.2, 0) is 0 Å². The number of hydrogen-bond acceptors (Lipinski definition) is 2. The van der Waals surface area contributed by atoms with Crippen LogP contribution in [0.15, 0.2) is 46.9 Å². The number of hydrogen-bond donors (Lipinski definition) is 0. The zero-order valence-electron chi connectivity index (χ0n) is 8.22.